The number of benzene rings is 2. The van der Waals surface area contributed by atoms with Crippen molar-refractivity contribution in [2.45, 2.75) is 45.8 Å². The van der Waals surface area contributed by atoms with Gasteiger partial charge >= 0.3 is 0 Å². The molecule has 1 aromatic heterocycles. The quantitative estimate of drug-likeness (QED) is 0.317. The second-order valence-corrected chi connectivity index (χ2v) is 12.4. The SMILES string of the molecule is CC(C)(C)[C@H](c1nc(-c2cc(F)ccc2F)cn1Cc1ccccc1)N(CC[C@H](N)CF)C(=O)COS(C)(=O)=O. The van der Waals surface area contributed by atoms with Crippen molar-refractivity contribution in [2.75, 3.05) is 26.1 Å². The zero-order valence-electron chi connectivity index (χ0n) is 23.0. The van der Waals surface area contributed by atoms with Crippen LogP contribution in [-0.4, -0.2) is 60.9 Å². The molecule has 12 heteroatoms. The molecule has 2 aromatic carbocycles. The average molecular weight is 581 g/mol. The van der Waals surface area contributed by atoms with Gasteiger partial charge in [-0.1, -0.05) is 51.1 Å². The largest absolute Gasteiger partial charge is 0.330 e. The summed E-state index contributed by atoms with van der Waals surface area (Å²) in [6, 6.07) is 10.8. The lowest BCUT2D eigenvalue weighted by Crippen LogP contribution is -2.46. The molecule has 2 atom stereocenters. The summed E-state index contributed by atoms with van der Waals surface area (Å²) in [5.41, 5.74) is 6.09. The van der Waals surface area contributed by atoms with Crippen LogP contribution in [0.4, 0.5) is 13.2 Å². The van der Waals surface area contributed by atoms with Gasteiger partial charge in [0, 0.05) is 30.9 Å². The van der Waals surface area contributed by atoms with Crippen molar-refractivity contribution < 1.29 is 30.6 Å². The Kier molecular flexibility index (Phi) is 10.1. The minimum absolute atomic E-state index is 0.0269. The highest BCUT2D eigenvalue weighted by Crippen LogP contribution is 2.39. The van der Waals surface area contributed by atoms with Gasteiger partial charge in [-0.3, -0.25) is 8.98 Å². The molecule has 0 unspecified atom stereocenters. The second-order valence-electron chi connectivity index (χ2n) is 10.7. The zero-order chi connectivity index (χ0) is 29.7. The molecular formula is C28H35F3N4O4S. The Hall–Kier alpha value is -3.22. The normalized spacial score (nSPS) is 13.7. The third kappa shape index (κ3) is 8.39. The van der Waals surface area contributed by atoms with Crippen molar-refractivity contribution in [3.63, 3.8) is 0 Å². The molecule has 218 valence electrons. The van der Waals surface area contributed by atoms with E-state index in [0.717, 1.165) is 30.0 Å². The molecule has 0 fully saturated rings. The fraction of sp³-hybridized carbons (Fsp3) is 0.429. The highest BCUT2D eigenvalue weighted by molar-refractivity contribution is 7.86. The Balaban J connectivity index is 2.19. The topological polar surface area (TPSA) is 108 Å². The summed E-state index contributed by atoms with van der Waals surface area (Å²) >= 11 is 0. The monoisotopic (exact) mass is 580 g/mol. The summed E-state index contributed by atoms with van der Waals surface area (Å²) in [5.74, 6) is -1.65. The van der Waals surface area contributed by atoms with E-state index in [1.54, 1.807) is 10.8 Å². The van der Waals surface area contributed by atoms with Gasteiger partial charge in [0.25, 0.3) is 16.0 Å². The van der Waals surface area contributed by atoms with Crippen LogP contribution in [0, 0.1) is 17.0 Å². The lowest BCUT2D eigenvalue weighted by Gasteiger charge is -2.40. The number of aromatic nitrogens is 2. The first-order valence-electron chi connectivity index (χ1n) is 12.7. The molecule has 0 radical (unpaired) electrons. The number of nitrogens with two attached hydrogens (primary N) is 1. The highest BCUT2D eigenvalue weighted by Gasteiger charge is 2.39. The smallest absolute Gasteiger partial charge is 0.264 e. The predicted octanol–water partition coefficient (Wildman–Crippen LogP) is 4.46. The van der Waals surface area contributed by atoms with Gasteiger partial charge in [0.2, 0.25) is 0 Å². The number of carbonyl (C=O) groups is 1. The third-order valence-corrected chi connectivity index (χ3v) is 6.79. The van der Waals surface area contributed by atoms with E-state index in [9.17, 15) is 26.4 Å². The molecule has 40 heavy (non-hydrogen) atoms. The molecule has 0 bridgehead atoms. The number of amides is 1. The molecule has 0 aliphatic carbocycles. The van der Waals surface area contributed by atoms with E-state index in [1.807, 2.05) is 51.1 Å². The Labute approximate surface area is 233 Å². The lowest BCUT2D eigenvalue weighted by atomic mass is 9.84. The fourth-order valence-electron chi connectivity index (χ4n) is 4.39. The molecule has 0 spiro atoms. The molecule has 8 nitrogen and oxygen atoms in total. The molecule has 1 heterocycles. The van der Waals surface area contributed by atoms with Gasteiger partial charge in [0.05, 0.1) is 18.0 Å². The summed E-state index contributed by atoms with van der Waals surface area (Å²) in [6.07, 6.45) is 2.50. The van der Waals surface area contributed by atoms with Crippen molar-refractivity contribution in [2.24, 2.45) is 11.1 Å². The Morgan fingerprint density at radius 3 is 2.42 bits per heavy atom. The van der Waals surface area contributed by atoms with Crippen molar-refractivity contribution in [3.8, 4) is 11.3 Å². The fourth-order valence-corrected chi connectivity index (χ4v) is 4.71. The van der Waals surface area contributed by atoms with Gasteiger partial charge in [-0.05, 0) is 35.6 Å². The Bertz CT molecular complexity index is 1410. The van der Waals surface area contributed by atoms with Crippen molar-refractivity contribution in [1.82, 2.24) is 14.5 Å². The second kappa shape index (κ2) is 13.0. The summed E-state index contributed by atoms with van der Waals surface area (Å²) in [5, 5.41) is 0. The standard InChI is InChI=1S/C28H35F3N4O4S/c1-28(2,3)26(35(13-12-21(32)15-29)25(36)18-39-40(4,37)38)27-33-24(22-14-20(30)10-11-23(22)31)17-34(27)16-19-8-6-5-7-9-19/h5-11,14,17,21,26H,12-13,15-16,18,32H2,1-4H3/t21-,26-/m0/s1. The van der Waals surface area contributed by atoms with Gasteiger partial charge < -0.3 is 15.2 Å². The van der Waals surface area contributed by atoms with Gasteiger partial charge in [-0.15, -0.1) is 0 Å². The number of imidazole rings is 1. The van der Waals surface area contributed by atoms with E-state index in [-0.39, 0.29) is 24.2 Å². The average Bonchev–Trinajstić information content (AvgIpc) is 3.27. The predicted molar refractivity (Wildman–Crippen MR) is 146 cm³/mol. The van der Waals surface area contributed by atoms with Crippen molar-refractivity contribution >= 4 is 16.0 Å². The first kappa shape index (κ1) is 31.3. The molecule has 3 aromatic rings. The van der Waals surface area contributed by atoms with Crippen molar-refractivity contribution in [1.29, 1.82) is 0 Å². The minimum Gasteiger partial charge on any atom is -0.330 e. The third-order valence-electron chi connectivity index (χ3n) is 6.24. The molecule has 2 N–H and O–H groups in total. The molecule has 3 rings (SSSR count). The number of halogens is 3. The lowest BCUT2D eigenvalue weighted by molar-refractivity contribution is -0.139. The van der Waals surface area contributed by atoms with Crippen molar-refractivity contribution in [3.05, 3.63) is 77.8 Å². The molecule has 1 amide bonds. The van der Waals surface area contributed by atoms with E-state index in [0.29, 0.717) is 12.4 Å². The van der Waals surface area contributed by atoms with Crippen LogP contribution in [0.3, 0.4) is 0 Å². The van der Waals surface area contributed by atoms with Gasteiger partial charge in [-0.2, -0.15) is 8.42 Å². The first-order chi connectivity index (χ1) is 18.7. The van der Waals surface area contributed by atoms with E-state index in [4.69, 9.17) is 14.9 Å². The van der Waals surface area contributed by atoms with Crippen LogP contribution in [0.2, 0.25) is 0 Å². The maximum absolute atomic E-state index is 14.8. The van der Waals surface area contributed by atoms with Crippen LogP contribution in [0.25, 0.3) is 11.3 Å². The number of alkyl halides is 1. The molecule has 0 saturated carbocycles. The summed E-state index contributed by atoms with van der Waals surface area (Å²) < 4.78 is 72.0. The van der Waals surface area contributed by atoms with Crippen LogP contribution >= 0.6 is 0 Å². The minimum atomic E-state index is -3.93. The van der Waals surface area contributed by atoms with Gasteiger partial charge in [0.1, 0.15) is 30.7 Å². The van der Waals surface area contributed by atoms with E-state index in [2.05, 4.69) is 0 Å². The van der Waals surface area contributed by atoms with Crippen LogP contribution in [0.1, 0.15) is 44.6 Å². The van der Waals surface area contributed by atoms with E-state index < -0.39 is 58.4 Å². The number of rotatable bonds is 12. The van der Waals surface area contributed by atoms with E-state index >= 15 is 0 Å². The Morgan fingerprint density at radius 2 is 1.82 bits per heavy atom. The highest BCUT2D eigenvalue weighted by atomic mass is 32.2. The van der Waals surface area contributed by atoms with Gasteiger partial charge in [-0.25, -0.2) is 18.2 Å². The summed E-state index contributed by atoms with van der Waals surface area (Å²) in [4.78, 5) is 19.5. The molecule has 0 aliphatic heterocycles. The number of carbonyl (C=O) groups excluding carboxylic acids is 1. The first-order valence-corrected chi connectivity index (χ1v) is 14.5. The summed E-state index contributed by atoms with van der Waals surface area (Å²) in [6.45, 7) is 4.24. The maximum atomic E-state index is 14.8. The Morgan fingerprint density at radius 1 is 1.15 bits per heavy atom. The maximum Gasteiger partial charge on any atom is 0.264 e. The van der Waals surface area contributed by atoms with Crippen LogP contribution < -0.4 is 5.73 Å². The van der Waals surface area contributed by atoms with Crippen LogP contribution in [0.5, 0.6) is 0 Å². The van der Waals surface area contributed by atoms with E-state index in [1.165, 1.54) is 4.90 Å². The molecule has 0 saturated heterocycles. The van der Waals surface area contributed by atoms with Gasteiger partial charge in [0.15, 0.2) is 0 Å². The summed E-state index contributed by atoms with van der Waals surface area (Å²) in [7, 11) is -3.93. The number of hydrogen-bond donors (Lipinski definition) is 1. The molecular weight excluding hydrogens is 545 g/mol. The van der Waals surface area contributed by atoms with Crippen LogP contribution in [-0.2, 0) is 25.6 Å². The van der Waals surface area contributed by atoms with Crippen LogP contribution in [0.15, 0.2) is 54.7 Å². The molecule has 0 aliphatic rings. The zero-order valence-corrected chi connectivity index (χ0v) is 23.8. The number of nitrogens with zero attached hydrogens (tertiary/aromatic N) is 3. The number of hydrogen-bond acceptors (Lipinski definition) is 6.